The molecule has 0 aliphatic rings. The highest BCUT2D eigenvalue weighted by Gasteiger charge is 2.15. The molecule has 0 bridgehead atoms. The van der Waals surface area contributed by atoms with Gasteiger partial charge in [0.05, 0.1) is 0 Å². The summed E-state index contributed by atoms with van der Waals surface area (Å²) in [4.78, 5) is 4.20. The minimum absolute atomic E-state index is 0.00347. The first-order chi connectivity index (χ1) is 5.39. The summed E-state index contributed by atoms with van der Waals surface area (Å²) in [6.45, 7) is 6.23. The van der Waals surface area contributed by atoms with Gasteiger partial charge in [0.15, 0.2) is 0 Å². The van der Waals surface area contributed by atoms with Crippen molar-refractivity contribution in [2.75, 3.05) is 0 Å². The lowest BCUT2D eigenvalue weighted by molar-refractivity contribution is 0.571. The van der Waals surface area contributed by atoms with Crippen molar-refractivity contribution in [3.63, 3.8) is 0 Å². The fourth-order valence-electron chi connectivity index (χ4n) is 0.958. The summed E-state index contributed by atoms with van der Waals surface area (Å²) in [7, 11) is 11.2. The number of hydrogen-bond donors (Lipinski definition) is 0. The molecule has 12 heavy (non-hydrogen) atoms. The Morgan fingerprint density at radius 3 is 2.17 bits per heavy atom. The zero-order valence-corrected chi connectivity index (χ0v) is 7.76. The van der Waals surface area contributed by atoms with Gasteiger partial charge in [0, 0.05) is 11.1 Å². The van der Waals surface area contributed by atoms with E-state index in [1.165, 1.54) is 0 Å². The van der Waals surface area contributed by atoms with Crippen molar-refractivity contribution >= 4 is 26.7 Å². The van der Waals surface area contributed by atoms with Crippen LogP contribution in [0.3, 0.4) is 0 Å². The van der Waals surface area contributed by atoms with Crippen molar-refractivity contribution in [3.8, 4) is 0 Å². The predicted octanol–water partition coefficient (Wildman–Crippen LogP) is -0.0333. The molecule has 3 heteroatoms. The highest BCUT2D eigenvalue weighted by molar-refractivity contribution is 6.36. The molecular formula is C9H11B2N. The highest BCUT2D eigenvalue weighted by Crippen LogP contribution is 2.17. The number of nitrogens with zero attached hydrogens (tertiary/aromatic N) is 1. The number of pyridine rings is 1. The van der Waals surface area contributed by atoms with Crippen LogP contribution in [0.1, 0.15) is 26.5 Å². The summed E-state index contributed by atoms with van der Waals surface area (Å²) < 4.78 is 0. The van der Waals surface area contributed by atoms with Crippen LogP contribution in [0, 0.1) is 0 Å². The van der Waals surface area contributed by atoms with E-state index in [1.54, 1.807) is 6.07 Å². The van der Waals surface area contributed by atoms with Crippen molar-refractivity contribution in [1.29, 1.82) is 0 Å². The van der Waals surface area contributed by atoms with E-state index in [0.29, 0.717) is 11.1 Å². The standard InChI is InChI=1S/C9H11B2N/c1-9(2,3)7-4-6(10)5-8(11)12-7/h4-5H,1-3H3. The van der Waals surface area contributed by atoms with Gasteiger partial charge < -0.3 is 0 Å². The Balaban J connectivity index is 3.18. The molecule has 1 nitrogen and oxygen atoms in total. The molecule has 1 aromatic heterocycles. The monoisotopic (exact) mass is 155 g/mol. The molecule has 1 heterocycles. The quantitative estimate of drug-likeness (QED) is 0.479. The Bertz CT molecular complexity index is 269. The van der Waals surface area contributed by atoms with E-state index in [4.69, 9.17) is 15.7 Å². The minimum atomic E-state index is 0.00347. The summed E-state index contributed by atoms with van der Waals surface area (Å²) in [6.07, 6.45) is 0. The van der Waals surface area contributed by atoms with Crippen LogP contribution in [0.5, 0.6) is 0 Å². The second-order valence-electron chi connectivity index (χ2n) is 3.96. The van der Waals surface area contributed by atoms with Gasteiger partial charge in [0.25, 0.3) is 0 Å². The van der Waals surface area contributed by atoms with Gasteiger partial charge >= 0.3 is 0 Å². The predicted molar refractivity (Wildman–Crippen MR) is 53.7 cm³/mol. The molecule has 0 aliphatic heterocycles. The third kappa shape index (κ3) is 2.13. The lowest BCUT2D eigenvalue weighted by atomic mass is 9.84. The van der Waals surface area contributed by atoms with Crippen LogP contribution in [-0.4, -0.2) is 20.7 Å². The van der Waals surface area contributed by atoms with E-state index < -0.39 is 0 Å². The van der Waals surface area contributed by atoms with Crippen LogP contribution in [0.25, 0.3) is 0 Å². The topological polar surface area (TPSA) is 12.9 Å². The molecule has 58 valence electrons. The zero-order valence-electron chi connectivity index (χ0n) is 7.76. The fourth-order valence-corrected chi connectivity index (χ4v) is 0.958. The molecule has 0 aliphatic carbocycles. The van der Waals surface area contributed by atoms with Crippen molar-refractivity contribution in [3.05, 3.63) is 17.8 Å². The number of rotatable bonds is 0. The number of hydrogen-bond acceptors (Lipinski definition) is 1. The first-order valence-electron chi connectivity index (χ1n) is 3.93. The number of aromatic nitrogens is 1. The Morgan fingerprint density at radius 2 is 1.75 bits per heavy atom. The maximum absolute atomic E-state index is 5.64. The Morgan fingerprint density at radius 1 is 1.17 bits per heavy atom. The van der Waals surface area contributed by atoms with Gasteiger partial charge in [-0.15, -0.1) is 0 Å². The van der Waals surface area contributed by atoms with E-state index in [9.17, 15) is 0 Å². The van der Waals surface area contributed by atoms with Gasteiger partial charge in [0.2, 0.25) is 0 Å². The molecule has 1 aromatic rings. The van der Waals surface area contributed by atoms with E-state index in [-0.39, 0.29) is 5.41 Å². The summed E-state index contributed by atoms with van der Waals surface area (Å²) in [6, 6.07) is 3.52. The van der Waals surface area contributed by atoms with Crippen molar-refractivity contribution < 1.29 is 0 Å². The van der Waals surface area contributed by atoms with Gasteiger partial charge in [-0.1, -0.05) is 32.3 Å². The van der Waals surface area contributed by atoms with Crippen LogP contribution in [0.2, 0.25) is 0 Å². The molecule has 0 spiro atoms. The average molecular weight is 155 g/mol. The Labute approximate surface area is 76.4 Å². The van der Waals surface area contributed by atoms with Gasteiger partial charge in [-0.25, -0.2) is 0 Å². The van der Waals surface area contributed by atoms with Crippen molar-refractivity contribution in [2.45, 2.75) is 26.2 Å². The minimum Gasteiger partial charge on any atom is -0.269 e. The molecule has 0 atom stereocenters. The molecule has 0 saturated carbocycles. The first-order valence-corrected chi connectivity index (χ1v) is 3.93. The smallest absolute Gasteiger partial charge is 0.141 e. The van der Waals surface area contributed by atoms with Crippen LogP contribution < -0.4 is 11.1 Å². The second-order valence-corrected chi connectivity index (χ2v) is 3.96. The summed E-state index contributed by atoms with van der Waals surface area (Å²) in [5, 5.41) is 0. The summed E-state index contributed by atoms with van der Waals surface area (Å²) in [5.41, 5.74) is 2.09. The molecule has 0 amide bonds. The second kappa shape index (κ2) is 2.96. The molecular weight excluding hydrogens is 144 g/mol. The SMILES string of the molecule is [B]c1cc([B])nc(C(C)(C)C)c1. The molecule has 0 N–H and O–H groups in total. The van der Waals surface area contributed by atoms with Crippen molar-refractivity contribution in [1.82, 2.24) is 4.98 Å². The van der Waals surface area contributed by atoms with E-state index in [1.807, 2.05) is 6.07 Å². The van der Waals surface area contributed by atoms with Gasteiger partial charge in [-0.3, -0.25) is 4.98 Å². The largest absolute Gasteiger partial charge is 0.269 e. The van der Waals surface area contributed by atoms with Gasteiger partial charge in [-0.05, 0) is 11.7 Å². The fraction of sp³-hybridized carbons (Fsp3) is 0.444. The Kier molecular flexibility index (Phi) is 2.31. The maximum Gasteiger partial charge on any atom is 0.141 e. The lowest BCUT2D eigenvalue weighted by Crippen LogP contribution is -2.25. The van der Waals surface area contributed by atoms with Crippen molar-refractivity contribution in [2.24, 2.45) is 0 Å². The highest BCUT2D eigenvalue weighted by atomic mass is 14.7. The molecule has 0 aromatic carbocycles. The maximum atomic E-state index is 5.64. The third-order valence-corrected chi connectivity index (χ3v) is 1.64. The van der Waals surface area contributed by atoms with Gasteiger partial charge in [-0.2, -0.15) is 0 Å². The van der Waals surface area contributed by atoms with Crippen LogP contribution in [0.4, 0.5) is 0 Å². The molecule has 1 rings (SSSR count). The first kappa shape index (κ1) is 9.37. The van der Waals surface area contributed by atoms with E-state index in [0.717, 1.165) is 5.69 Å². The molecule has 0 unspecified atom stereocenters. The van der Waals surface area contributed by atoms with Crippen LogP contribution in [0.15, 0.2) is 12.1 Å². The molecule has 0 fully saturated rings. The van der Waals surface area contributed by atoms with Crippen LogP contribution in [-0.2, 0) is 5.41 Å². The average Bonchev–Trinajstić information content (AvgIpc) is 1.82. The summed E-state index contributed by atoms with van der Waals surface area (Å²) >= 11 is 0. The van der Waals surface area contributed by atoms with E-state index in [2.05, 4.69) is 25.8 Å². The third-order valence-electron chi connectivity index (χ3n) is 1.64. The lowest BCUT2D eigenvalue weighted by Gasteiger charge is -2.18. The van der Waals surface area contributed by atoms with E-state index >= 15 is 0 Å². The zero-order chi connectivity index (χ0) is 9.35. The summed E-state index contributed by atoms with van der Waals surface area (Å²) in [5.74, 6) is 0. The van der Waals surface area contributed by atoms with Gasteiger partial charge in [0.1, 0.15) is 15.7 Å². The molecule has 0 saturated heterocycles. The Hall–Kier alpha value is -0.720. The molecule has 4 radical (unpaired) electrons. The van der Waals surface area contributed by atoms with Crippen LogP contribution >= 0.6 is 0 Å². The normalized spacial score (nSPS) is 11.6.